The summed E-state index contributed by atoms with van der Waals surface area (Å²) < 4.78 is 14.1. The summed E-state index contributed by atoms with van der Waals surface area (Å²) >= 11 is 5.86. The lowest BCUT2D eigenvalue weighted by molar-refractivity contribution is 0.101. The number of anilines is 1. The molecule has 0 radical (unpaired) electrons. The number of amides is 2. The fraction of sp³-hybridized carbons (Fsp3) is 0.480. The molecule has 0 aliphatic carbocycles. The summed E-state index contributed by atoms with van der Waals surface area (Å²) in [6, 6.07) is 14.5. The van der Waals surface area contributed by atoms with Gasteiger partial charge in [0.15, 0.2) is 0 Å². The van der Waals surface area contributed by atoms with E-state index < -0.39 is 0 Å². The lowest BCUT2D eigenvalue weighted by Gasteiger charge is -2.39. The van der Waals surface area contributed by atoms with Crippen molar-refractivity contribution < 1.29 is 9.18 Å². The number of urea groups is 1. The van der Waals surface area contributed by atoms with Crippen LogP contribution in [-0.2, 0) is 6.42 Å². The molecule has 2 heterocycles. The lowest BCUT2D eigenvalue weighted by atomic mass is 9.96. The van der Waals surface area contributed by atoms with Crippen molar-refractivity contribution in [1.82, 2.24) is 14.7 Å². The Labute approximate surface area is 195 Å². The summed E-state index contributed by atoms with van der Waals surface area (Å²) in [6.07, 6.45) is 3.14. The molecule has 0 bridgehead atoms. The number of carbonyl (C=O) groups excluding carboxylic acids is 1. The molecule has 2 amide bonds. The molecule has 7 heteroatoms. The Hall–Kier alpha value is -2.15. The molecule has 2 fully saturated rings. The fourth-order valence-electron chi connectivity index (χ4n) is 4.73. The zero-order chi connectivity index (χ0) is 22.3. The van der Waals surface area contributed by atoms with Gasteiger partial charge in [-0.15, -0.1) is 0 Å². The number of para-hydroxylation sites is 1. The molecule has 0 spiro atoms. The highest BCUT2D eigenvalue weighted by atomic mass is 35.5. The van der Waals surface area contributed by atoms with Crippen LogP contribution in [0.25, 0.3) is 0 Å². The van der Waals surface area contributed by atoms with Gasteiger partial charge in [-0.2, -0.15) is 0 Å². The Kier molecular flexibility index (Phi) is 8.00. The highest BCUT2D eigenvalue weighted by Gasteiger charge is 2.26. The van der Waals surface area contributed by atoms with Gasteiger partial charge in [0, 0.05) is 56.5 Å². The molecular weight excluding hydrogens is 427 g/mol. The maximum absolute atomic E-state index is 14.1. The predicted octanol–water partition coefficient (Wildman–Crippen LogP) is 4.58. The van der Waals surface area contributed by atoms with E-state index in [1.807, 2.05) is 35.2 Å². The van der Waals surface area contributed by atoms with Crippen LogP contribution in [0.4, 0.5) is 14.9 Å². The van der Waals surface area contributed by atoms with E-state index in [2.05, 4.69) is 15.1 Å². The van der Waals surface area contributed by atoms with Crippen LogP contribution < -0.4 is 5.32 Å². The summed E-state index contributed by atoms with van der Waals surface area (Å²) in [6.45, 7) is 7.42. The van der Waals surface area contributed by atoms with Crippen LogP contribution in [0.5, 0.6) is 0 Å². The SMILES string of the molecule is O=C(Nc1ccccc1)N1CCN(C[C@@H]2CCCN(CCc3ccc(Cl)cc3F)C2)CC1. The summed E-state index contributed by atoms with van der Waals surface area (Å²) in [7, 11) is 0. The molecule has 2 aromatic rings. The highest BCUT2D eigenvalue weighted by Crippen LogP contribution is 2.20. The van der Waals surface area contributed by atoms with Crippen molar-refractivity contribution in [2.75, 3.05) is 57.7 Å². The second kappa shape index (κ2) is 11.1. The molecule has 2 aromatic carbocycles. The summed E-state index contributed by atoms with van der Waals surface area (Å²) in [5, 5.41) is 3.42. The van der Waals surface area contributed by atoms with Gasteiger partial charge in [0.1, 0.15) is 5.82 Å². The van der Waals surface area contributed by atoms with Crippen LogP contribution in [0.1, 0.15) is 18.4 Å². The van der Waals surface area contributed by atoms with Crippen molar-refractivity contribution in [3.05, 3.63) is 64.9 Å². The summed E-state index contributed by atoms with van der Waals surface area (Å²) in [4.78, 5) is 19.3. The molecule has 0 aromatic heterocycles. The lowest BCUT2D eigenvalue weighted by Crippen LogP contribution is -2.52. The number of halogens is 2. The van der Waals surface area contributed by atoms with Crippen molar-refractivity contribution in [3.8, 4) is 0 Å². The number of nitrogens with zero attached hydrogens (tertiary/aromatic N) is 3. The second-order valence-corrected chi connectivity index (χ2v) is 9.31. The van der Waals surface area contributed by atoms with Crippen molar-refractivity contribution >= 4 is 23.3 Å². The first-order valence-corrected chi connectivity index (χ1v) is 11.9. The average molecular weight is 459 g/mol. The Morgan fingerprint density at radius 1 is 1.03 bits per heavy atom. The highest BCUT2D eigenvalue weighted by molar-refractivity contribution is 6.30. The molecular formula is C25H32ClFN4O. The first kappa shape index (κ1) is 23.0. The van der Waals surface area contributed by atoms with Crippen LogP contribution in [0.15, 0.2) is 48.5 Å². The van der Waals surface area contributed by atoms with Gasteiger partial charge in [-0.05, 0) is 61.6 Å². The normalized spacial score (nSPS) is 20.3. The number of likely N-dealkylation sites (tertiary alicyclic amines) is 1. The van der Waals surface area contributed by atoms with Gasteiger partial charge in [0.05, 0.1) is 0 Å². The number of piperidine rings is 1. The third kappa shape index (κ3) is 6.44. The fourth-order valence-corrected chi connectivity index (χ4v) is 4.89. The molecule has 2 aliphatic rings. The van der Waals surface area contributed by atoms with Gasteiger partial charge in [0.2, 0.25) is 0 Å². The van der Waals surface area contributed by atoms with Gasteiger partial charge < -0.3 is 15.1 Å². The van der Waals surface area contributed by atoms with E-state index in [4.69, 9.17) is 11.6 Å². The van der Waals surface area contributed by atoms with E-state index in [1.54, 1.807) is 12.1 Å². The van der Waals surface area contributed by atoms with Gasteiger partial charge >= 0.3 is 6.03 Å². The molecule has 0 unspecified atom stereocenters. The minimum Gasteiger partial charge on any atom is -0.322 e. The Morgan fingerprint density at radius 3 is 2.56 bits per heavy atom. The number of rotatable bonds is 6. The number of carbonyl (C=O) groups is 1. The molecule has 2 aliphatic heterocycles. The number of piperazine rings is 1. The largest absolute Gasteiger partial charge is 0.322 e. The van der Waals surface area contributed by atoms with E-state index in [0.29, 0.717) is 17.4 Å². The first-order valence-electron chi connectivity index (χ1n) is 11.6. The number of benzene rings is 2. The molecule has 1 atom stereocenters. The summed E-state index contributed by atoms with van der Waals surface area (Å²) in [5.74, 6) is 0.420. The second-order valence-electron chi connectivity index (χ2n) is 8.88. The molecule has 32 heavy (non-hydrogen) atoms. The zero-order valence-electron chi connectivity index (χ0n) is 18.5. The van der Waals surface area contributed by atoms with Crippen LogP contribution in [0, 0.1) is 11.7 Å². The topological polar surface area (TPSA) is 38.8 Å². The van der Waals surface area contributed by atoms with Crippen molar-refractivity contribution in [2.24, 2.45) is 5.92 Å². The maximum atomic E-state index is 14.1. The number of nitrogens with one attached hydrogen (secondary N) is 1. The van der Waals surface area contributed by atoms with E-state index >= 15 is 0 Å². The monoisotopic (exact) mass is 458 g/mol. The number of hydrogen-bond donors (Lipinski definition) is 1. The van der Waals surface area contributed by atoms with E-state index in [0.717, 1.165) is 63.6 Å². The minimum atomic E-state index is -0.208. The summed E-state index contributed by atoms with van der Waals surface area (Å²) in [5.41, 5.74) is 1.57. The molecule has 5 nitrogen and oxygen atoms in total. The Bertz CT molecular complexity index is 889. The van der Waals surface area contributed by atoms with Gasteiger partial charge in [0.25, 0.3) is 0 Å². The van der Waals surface area contributed by atoms with Crippen LogP contribution in [0.3, 0.4) is 0 Å². The number of hydrogen-bond acceptors (Lipinski definition) is 3. The first-order chi connectivity index (χ1) is 15.6. The zero-order valence-corrected chi connectivity index (χ0v) is 19.2. The average Bonchev–Trinajstić information content (AvgIpc) is 2.80. The molecule has 4 rings (SSSR count). The molecule has 1 N–H and O–H groups in total. The smallest absolute Gasteiger partial charge is 0.321 e. The molecule has 172 valence electrons. The quantitative estimate of drug-likeness (QED) is 0.688. The van der Waals surface area contributed by atoms with Gasteiger partial charge in [-0.3, -0.25) is 4.90 Å². The van der Waals surface area contributed by atoms with Crippen molar-refractivity contribution in [2.45, 2.75) is 19.3 Å². The van der Waals surface area contributed by atoms with Crippen LogP contribution >= 0.6 is 11.6 Å². The Balaban J connectivity index is 1.19. The predicted molar refractivity (Wildman–Crippen MR) is 128 cm³/mol. The third-order valence-corrected chi connectivity index (χ3v) is 6.75. The minimum absolute atomic E-state index is 0.0193. The van der Waals surface area contributed by atoms with Gasteiger partial charge in [-0.25, -0.2) is 9.18 Å². The maximum Gasteiger partial charge on any atom is 0.321 e. The standard InChI is InChI=1S/C25H32ClFN4O/c26-22-9-8-21(24(27)17-22)10-12-29-11-4-5-20(18-29)19-30-13-15-31(16-14-30)25(32)28-23-6-2-1-3-7-23/h1-3,6-9,17,20H,4-5,10-16,18-19H2,(H,28,32)/t20-/m1/s1. The van der Waals surface area contributed by atoms with E-state index in [1.165, 1.54) is 18.9 Å². The molecule has 0 saturated carbocycles. The van der Waals surface area contributed by atoms with Crippen LogP contribution in [0.2, 0.25) is 5.02 Å². The van der Waals surface area contributed by atoms with E-state index in [9.17, 15) is 9.18 Å². The van der Waals surface area contributed by atoms with Crippen molar-refractivity contribution in [3.63, 3.8) is 0 Å². The van der Waals surface area contributed by atoms with E-state index in [-0.39, 0.29) is 11.8 Å². The van der Waals surface area contributed by atoms with Crippen LogP contribution in [-0.4, -0.2) is 73.1 Å². The Morgan fingerprint density at radius 2 is 1.81 bits per heavy atom. The third-order valence-electron chi connectivity index (χ3n) is 6.52. The molecule has 2 saturated heterocycles. The van der Waals surface area contributed by atoms with Crippen molar-refractivity contribution in [1.29, 1.82) is 0 Å². The van der Waals surface area contributed by atoms with Gasteiger partial charge in [-0.1, -0.05) is 35.9 Å².